The number of rotatable bonds is 14. The van der Waals surface area contributed by atoms with Gasteiger partial charge in [0.05, 0.1) is 22.2 Å². The molecule has 75 heavy (non-hydrogen) atoms. The Balaban J connectivity index is 0.933. The first kappa shape index (κ1) is 47.6. The van der Waals surface area contributed by atoms with E-state index < -0.39 is 11.6 Å². The molecule has 19 heteroatoms. The molecule has 1 saturated carbocycles. The zero-order chi connectivity index (χ0) is 52.2. The maximum Gasteiger partial charge on any atom is 0.322 e. The first-order valence-electron chi connectivity index (χ1n) is 24.0. The summed E-state index contributed by atoms with van der Waals surface area (Å²) in [5, 5.41) is 8.20. The number of nitrogens with two attached hydrogens (primary N) is 2. The number of aromatic nitrogens is 11. The molecule has 3 aromatic carbocycles. The summed E-state index contributed by atoms with van der Waals surface area (Å²) < 4.78 is 47.7. The number of terminal acetylenes is 1. The predicted molar refractivity (Wildman–Crippen MR) is 281 cm³/mol. The Kier molecular flexibility index (Phi) is 12.1. The van der Waals surface area contributed by atoms with Crippen LogP contribution in [0.3, 0.4) is 0 Å². The number of hydrogen-bond donors (Lipinski definition) is 3. The lowest BCUT2D eigenvalue weighted by molar-refractivity contribution is -0.112. The molecule has 372 valence electrons. The number of carbonyl (C=O) groups excluding carboxylic acids is 1. The quantitative estimate of drug-likeness (QED) is 0.0680. The molecule has 0 spiro atoms. The van der Waals surface area contributed by atoms with Gasteiger partial charge in [-0.3, -0.25) is 4.79 Å². The molecular formula is C56H46F2N14O3. The van der Waals surface area contributed by atoms with Crippen LogP contribution in [0.5, 0.6) is 11.8 Å². The predicted octanol–water partition coefficient (Wildman–Crippen LogP) is 10.8. The van der Waals surface area contributed by atoms with Crippen molar-refractivity contribution in [3.8, 4) is 80.3 Å². The van der Waals surface area contributed by atoms with Crippen LogP contribution in [-0.4, -0.2) is 60.1 Å². The van der Waals surface area contributed by atoms with Gasteiger partial charge in [0.25, 0.3) is 5.91 Å². The Hall–Kier alpha value is -9.70. The Morgan fingerprint density at radius 2 is 1.53 bits per heavy atom. The number of nitrogens with one attached hydrogen (secondary N) is 1. The Morgan fingerprint density at radius 3 is 2.21 bits per heavy atom. The van der Waals surface area contributed by atoms with Gasteiger partial charge in [0.1, 0.15) is 41.3 Å². The van der Waals surface area contributed by atoms with Crippen LogP contribution >= 0.6 is 0 Å². The third-order valence-corrected chi connectivity index (χ3v) is 13.2. The molecule has 1 aliphatic carbocycles. The van der Waals surface area contributed by atoms with Gasteiger partial charge in [-0.05, 0) is 99.0 Å². The highest BCUT2D eigenvalue weighted by Crippen LogP contribution is 2.47. The highest BCUT2D eigenvalue weighted by molar-refractivity contribution is 6.09. The van der Waals surface area contributed by atoms with Crippen molar-refractivity contribution >= 4 is 45.3 Å². The van der Waals surface area contributed by atoms with Gasteiger partial charge in [0.2, 0.25) is 11.7 Å². The molecule has 0 atom stereocenters. The van der Waals surface area contributed by atoms with Gasteiger partial charge in [-0.25, -0.2) is 38.7 Å². The highest BCUT2D eigenvalue weighted by atomic mass is 19.1. The molecular weight excluding hydrogens is 955 g/mol. The van der Waals surface area contributed by atoms with Crippen molar-refractivity contribution in [2.24, 2.45) is 0 Å². The van der Waals surface area contributed by atoms with Gasteiger partial charge >= 0.3 is 6.01 Å². The van der Waals surface area contributed by atoms with E-state index in [1.807, 2.05) is 66.9 Å². The molecule has 0 aliphatic heterocycles. The van der Waals surface area contributed by atoms with Crippen LogP contribution in [0, 0.1) is 30.9 Å². The molecule has 0 bridgehead atoms. The largest absolute Gasteiger partial charge is 0.421 e. The second-order valence-corrected chi connectivity index (χ2v) is 18.5. The molecule has 7 heterocycles. The fourth-order valence-electron chi connectivity index (χ4n) is 9.33. The van der Waals surface area contributed by atoms with E-state index in [2.05, 4.69) is 57.4 Å². The normalized spacial score (nSPS) is 12.4. The summed E-state index contributed by atoms with van der Waals surface area (Å²) in [5.74, 6) is 2.37. The molecule has 1 amide bonds. The summed E-state index contributed by atoms with van der Waals surface area (Å²) in [6.45, 7) is 11.2. The second-order valence-electron chi connectivity index (χ2n) is 18.5. The lowest BCUT2D eigenvalue weighted by Crippen LogP contribution is -2.11. The van der Waals surface area contributed by atoms with Gasteiger partial charge < -0.3 is 35.2 Å². The number of nitrogens with zero attached hydrogens (tertiary/aromatic N) is 11. The average molecular weight is 1000 g/mol. The SMILES string of the molecule is C#Cc1ncc(-c2c(-c3ccc(Oc4nccc(CCn5c(-c6ccc(NC(=O)C(=C)C)cc6)c(-c6ccc(-c7noc(C8CC8)n7)cc6)c6c(N)ncnc65)n4)c(F)c3)c3c(N)ncnc3n2C(C)C)c(C)c1F. The van der Waals surface area contributed by atoms with Gasteiger partial charge in [-0.2, -0.15) is 9.97 Å². The van der Waals surface area contributed by atoms with E-state index in [9.17, 15) is 4.79 Å². The van der Waals surface area contributed by atoms with Gasteiger partial charge in [-0.15, -0.1) is 6.42 Å². The molecule has 0 unspecified atom stereocenters. The molecule has 0 saturated heterocycles. The van der Waals surface area contributed by atoms with E-state index >= 15 is 8.78 Å². The topological polar surface area (TPSA) is 229 Å². The number of pyridine rings is 1. The molecule has 1 aliphatic rings. The van der Waals surface area contributed by atoms with Crippen molar-refractivity contribution in [3.05, 3.63) is 144 Å². The summed E-state index contributed by atoms with van der Waals surface area (Å²) in [6, 6.07) is 21.2. The second kappa shape index (κ2) is 19.0. The Bertz CT molecular complexity index is 3960. The van der Waals surface area contributed by atoms with Crippen LogP contribution in [0.15, 0.2) is 115 Å². The van der Waals surface area contributed by atoms with E-state index in [1.54, 1.807) is 26.0 Å². The third-order valence-electron chi connectivity index (χ3n) is 13.2. The minimum absolute atomic E-state index is 0.0946. The molecule has 1 fully saturated rings. The number of fused-ring (bicyclic) bond motifs is 2. The minimum Gasteiger partial charge on any atom is -0.421 e. The number of benzene rings is 3. The molecule has 17 nitrogen and oxygen atoms in total. The summed E-state index contributed by atoms with van der Waals surface area (Å²) >= 11 is 0. The molecule has 7 aromatic heterocycles. The molecule has 0 radical (unpaired) electrons. The summed E-state index contributed by atoms with van der Waals surface area (Å²) in [6.07, 6.45) is 13.8. The maximum atomic E-state index is 16.5. The summed E-state index contributed by atoms with van der Waals surface area (Å²) in [5.41, 5.74) is 21.7. The summed E-state index contributed by atoms with van der Waals surface area (Å²) in [4.78, 5) is 48.5. The fourth-order valence-corrected chi connectivity index (χ4v) is 9.33. The first-order valence-corrected chi connectivity index (χ1v) is 24.0. The monoisotopic (exact) mass is 1000 g/mol. The van der Waals surface area contributed by atoms with Gasteiger partial charge in [0.15, 0.2) is 17.4 Å². The number of halogens is 2. The van der Waals surface area contributed by atoms with Crippen molar-refractivity contribution in [1.29, 1.82) is 0 Å². The molecule has 5 N–H and O–H groups in total. The van der Waals surface area contributed by atoms with Gasteiger partial charge in [-0.1, -0.05) is 54.2 Å². The Morgan fingerprint density at radius 1 is 0.867 bits per heavy atom. The zero-order valence-corrected chi connectivity index (χ0v) is 41.1. The van der Waals surface area contributed by atoms with Crippen molar-refractivity contribution in [3.63, 3.8) is 0 Å². The van der Waals surface area contributed by atoms with E-state index in [1.165, 1.54) is 37.2 Å². The zero-order valence-electron chi connectivity index (χ0n) is 41.1. The van der Waals surface area contributed by atoms with Crippen molar-refractivity contribution in [2.45, 2.75) is 65.5 Å². The standard InChI is InChI=1S/C56H46F2N14O3/c1-7-40-46(58)30(6)38(25-62-40)48-43(45-50(60)64-27-66-53(45)72(48)29(4)5)35-16-19-41(39(57)24-35)74-56-61-22-20-37(68-56)21-23-71-47(32-14-17-36(18-15-32)67-54(73)28(2)3)42(44-49(59)63-26-65-52(44)71)31-8-10-33(11-9-31)51-69-55(75-70-51)34-12-13-34/h1,8-11,14-20,22,24-27,29,34H,2,12-13,21,23H2,3-6H3,(H,67,73)(H2,59,63,65)(H2,60,64,66). The number of amides is 1. The van der Waals surface area contributed by atoms with Crippen LogP contribution in [0.4, 0.5) is 26.1 Å². The molecule has 10 aromatic rings. The van der Waals surface area contributed by atoms with E-state index in [0.29, 0.717) is 92.0 Å². The van der Waals surface area contributed by atoms with Crippen molar-refractivity contribution in [2.75, 3.05) is 16.8 Å². The number of carbonyl (C=O) groups is 1. The van der Waals surface area contributed by atoms with Crippen LogP contribution in [0.2, 0.25) is 0 Å². The number of ether oxygens (including phenoxy) is 1. The van der Waals surface area contributed by atoms with Crippen molar-refractivity contribution < 1.29 is 22.8 Å². The number of hydrogen-bond acceptors (Lipinski definition) is 14. The van der Waals surface area contributed by atoms with Crippen LogP contribution in [0.25, 0.3) is 78.2 Å². The minimum atomic E-state index is -0.733. The lowest BCUT2D eigenvalue weighted by Gasteiger charge is -2.18. The Labute approximate surface area is 427 Å². The van der Waals surface area contributed by atoms with Gasteiger partial charge in [0, 0.05) is 76.5 Å². The van der Waals surface area contributed by atoms with E-state index in [-0.39, 0.29) is 46.6 Å². The highest BCUT2D eigenvalue weighted by Gasteiger charge is 2.31. The van der Waals surface area contributed by atoms with E-state index in [4.69, 9.17) is 37.1 Å². The van der Waals surface area contributed by atoms with Crippen LogP contribution in [-0.2, 0) is 17.8 Å². The smallest absolute Gasteiger partial charge is 0.322 e. The first-order chi connectivity index (χ1) is 36.3. The maximum absolute atomic E-state index is 16.5. The van der Waals surface area contributed by atoms with Crippen LogP contribution in [0.1, 0.15) is 68.4 Å². The molecule has 11 rings (SSSR count). The third kappa shape index (κ3) is 8.71. The lowest BCUT2D eigenvalue weighted by atomic mass is 9.96. The number of aryl methyl sites for hydroxylation is 2. The van der Waals surface area contributed by atoms with E-state index in [0.717, 1.165) is 40.8 Å². The van der Waals surface area contributed by atoms with Crippen LogP contribution < -0.4 is 21.5 Å². The summed E-state index contributed by atoms with van der Waals surface area (Å²) in [7, 11) is 0. The average Bonchev–Trinajstić information content (AvgIpc) is 3.93. The number of nitrogen functional groups attached to an aromatic ring is 2. The number of anilines is 3. The fraction of sp³-hybridized carbons (Fsp3) is 0.179. The van der Waals surface area contributed by atoms with Crippen molar-refractivity contribution in [1.82, 2.24) is 54.2 Å².